The molecule has 5 aliphatic carbocycles. The number of rotatable bonds is 13. The summed E-state index contributed by atoms with van der Waals surface area (Å²) in [5.41, 5.74) is -2.95. The zero-order valence-corrected chi connectivity index (χ0v) is 46.3. The van der Waals surface area contributed by atoms with Crippen LogP contribution in [0.2, 0.25) is 0 Å². The van der Waals surface area contributed by atoms with Crippen molar-refractivity contribution in [3.8, 4) is 0 Å². The summed E-state index contributed by atoms with van der Waals surface area (Å²) in [6.07, 6.45) is -24.8. The van der Waals surface area contributed by atoms with Crippen LogP contribution in [0.1, 0.15) is 114 Å². The fourth-order valence-corrected chi connectivity index (χ4v) is 16.2. The molecular weight excluding hydrogens is 1030 g/mol. The smallest absolute Gasteiger partial charge is 0.335 e. The molecule has 0 unspecified atom stereocenters. The van der Waals surface area contributed by atoms with Crippen LogP contribution in [0.25, 0.3) is 0 Å². The Kier molecular flexibility index (Phi) is 17.3. The van der Waals surface area contributed by atoms with Gasteiger partial charge in [-0.05, 0) is 98.2 Å². The first kappa shape index (κ1) is 61.3. The summed E-state index contributed by atoms with van der Waals surface area (Å²) < 4.78 is 48.4. The Morgan fingerprint density at radius 1 is 0.667 bits per heavy atom. The van der Waals surface area contributed by atoms with Crippen LogP contribution in [-0.4, -0.2) is 216 Å². The Hall–Kier alpha value is -2.79. The molecule has 78 heavy (non-hydrogen) atoms. The number of aliphatic carboxylic acids is 1. The molecule has 3 aliphatic heterocycles. The summed E-state index contributed by atoms with van der Waals surface area (Å²) in [5.74, 6) is -3.41. The van der Waals surface area contributed by atoms with E-state index in [4.69, 9.17) is 37.9 Å². The summed E-state index contributed by atoms with van der Waals surface area (Å²) in [6.45, 7) is 17.1. The number of carbonyl (C=O) groups excluding carboxylic acids is 2. The number of fused-ring (bicyclic) bond motifs is 7. The van der Waals surface area contributed by atoms with Gasteiger partial charge in [0.1, 0.15) is 79.4 Å². The molecule has 8 rings (SSSR count). The van der Waals surface area contributed by atoms with Crippen molar-refractivity contribution in [2.75, 3.05) is 19.8 Å². The molecule has 3 saturated heterocycles. The SMILES string of the molecule is C/C=C(\C)C(=O)O[C@H]1[C@H](OC(C)=O)[C@]2(CO)[C@H](O)C[C@]3(C)C(=CC[C@@H]4[C@@]5(C)CC[C@H](O[C@@H]6O[C@H](C(=O)O)[C@@H](O[C@@H]7O[C@H](CO)[C@@H](O)[C@H](O)[C@H]7O)[C@H](O)[C@H]6O[C@@H]6O[C@H](CO)[C@H](O)[C@H](O)[C@H]6O)C(C)(C)[C@@H]5CC[C@]43C)[C@@H]2CC1(C)C. The molecule has 4 saturated carbocycles. The Bertz CT molecular complexity index is 2270. The molecule has 7 fully saturated rings. The van der Waals surface area contributed by atoms with E-state index in [1.807, 2.05) is 27.7 Å². The predicted molar refractivity (Wildman–Crippen MR) is 268 cm³/mol. The number of hydrogen-bond donors (Lipinski definition) is 12. The third kappa shape index (κ3) is 9.72. The fraction of sp³-hybridized carbons (Fsp3) is 0.873. The second-order valence-corrected chi connectivity index (χ2v) is 25.7. The standard InChI is InChI=1S/C55H86O23/c1-11-23(2)46(70)78-43-44(71-24(3)59)55(22-58)26(18-50(43,4)5)25-12-13-30-52(8)16-15-32(51(6,7)29(52)14-17-53(30,9)54(25,10)19-31(55)60)74-49-41(76-48-38(66)36(64)34(62)28(21-57)73-48)39(67)40(42(77-49)45(68)69)75-47-37(65)35(63)33(61)27(20-56)72-47/h11-12,26-44,47-49,56-58,60-67H,13-22H2,1-10H3,(H,68,69)/b23-11+/t26-,27+,28+,29-,30+,31+,32-,33+,34-,35-,36-,37+,38+,39-,40-,41+,42-,43-,44-,47-,48-,49+,52-,53+,54+,55-/m0/s1. The Morgan fingerprint density at radius 2 is 1.24 bits per heavy atom. The van der Waals surface area contributed by atoms with Crippen LogP contribution in [0.5, 0.6) is 0 Å². The second-order valence-electron chi connectivity index (χ2n) is 25.7. The summed E-state index contributed by atoms with van der Waals surface area (Å²) in [6, 6.07) is 0. The normalized spacial score (nSPS) is 49.9. The lowest BCUT2D eigenvalue weighted by Crippen LogP contribution is -2.72. The minimum absolute atomic E-state index is 0.0247. The maximum atomic E-state index is 13.4. The quantitative estimate of drug-likeness (QED) is 0.0488. The summed E-state index contributed by atoms with van der Waals surface area (Å²) in [7, 11) is 0. The molecule has 12 N–H and O–H groups in total. The first-order valence-electron chi connectivity index (χ1n) is 27.5. The van der Waals surface area contributed by atoms with Crippen molar-refractivity contribution < 1.29 is 114 Å². The minimum Gasteiger partial charge on any atom is -0.479 e. The average molecular weight is 1120 g/mol. The van der Waals surface area contributed by atoms with Gasteiger partial charge in [0.25, 0.3) is 0 Å². The third-order valence-corrected chi connectivity index (χ3v) is 20.9. The summed E-state index contributed by atoms with van der Waals surface area (Å²) in [5, 5.41) is 131. The zero-order chi connectivity index (χ0) is 57.7. The second kappa shape index (κ2) is 22.1. The van der Waals surface area contributed by atoms with E-state index in [1.165, 1.54) is 6.92 Å². The Morgan fingerprint density at radius 3 is 1.77 bits per heavy atom. The molecule has 23 heteroatoms. The molecule has 26 atom stereocenters. The number of esters is 2. The Labute approximate surface area is 454 Å². The van der Waals surface area contributed by atoms with Gasteiger partial charge >= 0.3 is 17.9 Å². The third-order valence-electron chi connectivity index (χ3n) is 20.9. The van der Waals surface area contributed by atoms with E-state index in [0.717, 1.165) is 5.57 Å². The van der Waals surface area contributed by atoms with Gasteiger partial charge in [-0.2, -0.15) is 0 Å². The largest absolute Gasteiger partial charge is 0.479 e. The molecule has 3 heterocycles. The molecule has 0 aromatic rings. The van der Waals surface area contributed by atoms with Gasteiger partial charge in [0.2, 0.25) is 0 Å². The number of carbonyl (C=O) groups is 3. The molecule has 0 amide bonds. The van der Waals surface area contributed by atoms with Crippen LogP contribution in [0, 0.1) is 50.2 Å². The molecule has 444 valence electrons. The highest BCUT2D eigenvalue weighted by Crippen LogP contribution is 2.76. The molecule has 23 nitrogen and oxygen atoms in total. The molecule has 0 radical (unpaired) electrons. The van der Waals surface area contributed by atoms with Crippen molar-refractivity contribution in [3.63, 3.8) is 0 Å². The van der Waals surface area contributed by atoms with Crippen LogP contribution in [-0.2, 0) is 52.3 Å². The van der Waals surface area contributed by atoms with Crippen LogP contribution in [0.4, 0.5) is 0 Å². The van der Waals surface area contributed by atoms with E-state index in [-0.39, 0.29) is 23.7 Å². The number of ether oxygens (including phenoxy) is 8. The first-order valence-corrected chi connectivity index (χ1v) is 27.5. The number of carboxylic acid groups (broad SMARTS) is 1. The van der Waals surface area contributed by atoms with Gasteiger partial charge in [0, 0.05) is 17.9 Å². The summed E-state index contributed by atoms with van der Waals surface area (Å²) in [4.78, 5) is 39.5. The van der Waals surface area contributed by atoms with E-state index in [0.29, 0.717) is 44.1 Å². The topological polar surface area (TPSA) is 368 Å². The minimum atomic E-state index is -2.11. The van der Waals surface area contributed by atoms with Gasteiger partial charge < -0.3 is 99.2 Å². The lowest BCUT2D eigenvalue weighted by Gasteiger charge is -2.72. The molecule has 0 spiro atoms. The van der Waals surface area contributed by atoms with Gasteiger partial charge in [-0.25, -0.2) is 9.59 Å². The van der Waals surface area contributed by atoms with Crippen molar-refractivity contribution in [2.45, 2.75) is 231 Å². The van der Waals surface area contributed by atoms with Gasteiger partial charge in [0.15, 0.2) is 25.0 Å². The highest BCUT2D eigenvalue weighted by atomic mass is 16.8. The number of hydrogen-bond acceptors (Lipinski definition) is 22. The highest BCUT2D eigenvalue weighted by molar-refractivity contribution is 5.87. The zero-order valence-electron chi connectivity index (χ0n) is 46.3. The van der Waals surface area contributed by atoms with E-state index in [2.05, 4.69) is 26.8 Å². The van der Waals surface area contributed by atoms with Crippen LogP contribution in [0.15, 0.2) is 23.3 Å². The maximum Gasteiger partial charge on any atom is 0.335 e. The molecule has 0 aromatic carbocycles. The highest BCUT2D eigenvalue weighted by Gasteiger charge is 2.74. The number of aliphatic hydroxyl groups excluding tert-OH is 11. The van der Waals surface area contributed by atoms with Gasteiger partial charge in [-0.3, -0.25) is 4.79 Å². The lowest BCUT2D eigenvalue weighted by atomic mass is 9.33. The summed E-state index contributed by atoms with van der Waals surface area (Å²) >= 11 is 0. The monoisotopic (exact) mass is 1110 g/mol. The van der Waals surface area contributed by atoms with Gasteiger partial charge in [-0.1, -0.05) is 66.2 Å². The van der Waals surface area contributed by atoms with Gasteiger partial charge in [0.05, 0.1) is 37.4 Å². The van der Waals surface area contributed by atoms with Crippen LogP contribution < -0.4 is 0 Å². The number of carboxylic acids is 1. The molecular formula is C55H86O23. The van der Waals surface area contributed by atoms with Crippen molar-refractivity contribution in [2.24, 2.45) is 50.2 Å². The van der Waals surface area contributed by atoms with Crippen molar-refractivity contribution in [1.29, 1.82) is 0 Å². The predicted octanol–water partition coefficient (Wildman–Crippen LogP) is -0.293. The molecule has 0 aromatic heterocycles. The van der Waals surface area contributed by atoms with E-state index in [1.54, 1.807) is 19.9 Å². The van der Waals surface area contributed by atoms with Crippen molar-refractivity contribution in [1.82, 2.24) is 0 Å². The van der Waals surface area contributed by atoms with E-state index in [9.17, 15) is 75.7 Å². The first-order chi connectivity index (χ1) is 36.4. The average Bonchev–Trinajstić information content (AvgIpc) is 3.52. The maximum absolute atomic E-state index is 13.4. The van der Waals surface area contributed by atoms with Crippen LogP contribution >= 0.6 is 0 Å². The van der Waals surface area contributed by atoms with Crippen molar-refractivity contribution >= 4 is 17.9 Å². The van der Waals surface area contributed by atoms with E-state index >= 15 is 0 Å². The molecule has 8 aliphatic rings. The van der Waals surface area contributed by atoms with Gasteiger partial charge in [-0.15, -0.1) is 0 Å². The van der Waals surface area contributed by atoms with Crippen LogP contribution in [0.3, 0.4) is 0 Å². The molecule has 0 bridgehead atoms. The van der Waals surface area contributed by atoms with E-state index < -0.39 is 187 Å². The van der Waals surface area contributed by atoms with Crippen molar-refractivity contribution in [3.05, 3.63) is 23.3 Å². The number of aliphatic hydroxyl groups is 11. The fourth-order valence-electron chi connectivity index (χ4n) is 16.2. The lowest BCUT2D eigenvalue weighted by molar-refractivity contribution is -0.391. The number of allylic oxidation sites excluding steroid dienone is 3. The Balaban J connectivity index is 1.10.